The van der Waals surface area contributed by atoms with Gasteiger partial charge in [-0.1, -0.05) is 13.0 Å². The average Bonchev–Trinajstić information content (AvgIpc) is 2.71. The molecule has 2 heterocycles. The predicted molar refractivity (Wildman–Crippen MR) is 61.2 cm³/mol. The van der Waals surface area contributed by atoms with E-state index < -0.39 is 0 Å². The number of carbonyl (C=O) groups excluding carboxylic acids is 1. The molecule has 1 N–H and O–H groups in total. The van der Waals surface area contributed by atoms with Gasteiger partial charge in [0.15, 0.2) is 0 Å². The Morgan fingerprint density at radius 3 is 3.00 bits per heavy atom. The molecule has 0 spiro atoms. The van der Waals surface area contributed by atoms with Gasteiger partial charge in [-0.15, -0.1) is 0 Å². The van der Waals surface area contributed by atoms with E-state index in [0.29, 0.717) is 18.8 Å². The third-order valence-electron chi connectivity index (χ3n) is 2.89. The van der Waals surface area contributed by atoms with Crippen LogP contribution in [-0.2, 0) is 11.2 Å². The fourth-order valence-electron chi connectivity index (χ4n) is 1.94. The minimum atomic E-state index is 0.0552. The van der Waals surface area contributed by atoms with E-state index >= 15 is 0 Å². The lowest BCUT2D eigenvalue weighted by atomic mass is 10.1. The molecule has 1 atom stereocenters. The quantitative estimate of drug-likeness (QED) is 0.826. The number of nitrogens with zero attached hydrogens (tertiary/aromatic N) is 2. The Labute approximate surface area is 94.9 Å². The second-order valence-electron chi connectivity index (χ2n) is 4.10. The van der Waals surface area contributed by atoms with Gasteiger partial charge in [0.25, 0.3) is 0 Å². The molecule has 4 nitrogen and oxygen atoms in total. The van der Waals surface area contributed by atoms with Crippen molar-refractivity contribution >= 4 is 11.7 Å². The molecule has 16 heavy (non-hydrogen) atoms. The maximum Gasteiger partial charge on any atom is 0.228 e. The molecule has 1 saturated heterocycles. The molecule has 4 heteroatoms. The maximum atomic E-state index is 11.7. The van der Waals surface area contributed by atoms with Crippen LogP contribution in [0.15, 0.2) is 18.2 Å². The second-order valence-corrected chi connectivity index (χ2v) is 4.10. The largest absolute Gasteiger partial charge is 0.396 e. The van der Waals surface area contributed by atoms with Crippen molar-refractivity contribution in [2.75, 3.05) is 18.1 Å². The number of amides is 1. The lowest BCUT2D eigenvalue weighted by molar-refractivity contribution is -0.117. The first-order valence-corrected chi connectivity index (χ1v) is 5.61. The Morgan fingerprint density at radius 1 is 1.56 bits per heavy atom. The monoisotopic (exact) mass is 220 g/mol. The summed E-state index contributed by atoms with van der Waals surface area (Å²) in [6.45, 7) is 2.68. The first-order valence-electron chi connectivity index (χ1n) is 5.61. The molecule has 2 rings (SSSR count). The van der Waals surface area contributed by atoms with E-state index in [4.69, 9.17) is 5.11 Å². The van der Waals surface area contributed by atoms with Gasteiger partial charge in [0.05, 0.1) is 0 Å². The SMILES string of the molecule is CCc1cccc(N2CC(CO)CC2=O)n1. The number of aryl methyl sites for hydroxylation is 1. The van der Waals surface area contributed by atoms with Crippen molar-refractivity contribution < 1.29 is 9.90 Å². The average molecular weight is 220 g/mol. The van der Waals surface area contributed by atoms with Crippen LogP contribution in [-0.4, -0.2) is 29.1 Å². The van der Waals surface area contributed by atoms with Crippen LogP contribution in [0.4, 0.5) is 5.82 Å². The third kappa shape index (κ3) is 2.07. The molecule has 0 saturated carbocycles. The van der Waals surface area contributed by atoms with Crippen LogP contribution in [0.1, 0.15) is 19.0 Å². The molecule has 1 fully saturated rings. The second kappa shape index (κ2) is 4.61. The molecule has 1 unspecified atom stereocenters. The van der Waals surface area contributed by atoms with Crippen LogP contribution in [0.25, 0.3) is 0 Å². The van der Waals surface area contributed by atoms with Crippen LogP contribution in [0.3, 0.4) is 0 Å². The molecule has 1 aromatic heterocycles. The van der Waals surface area contributed by atoms with Gasteiger partial charge in [-0.3, -0.25) is 9.69 Å². The minimum Gasteiger partial charge on any atom is -0.396 e. The van der Waals surface area contributed by atoms with Gasteiger partial charge in [-0.05, 0) is 18.6 Å². The number of aliphatic hydroxyl groups excluding tert-OH is 1. The number of anilines is 1. The maximum absolute atomic E-state index is 11.7. The van der Waals surface area contributed by atoms with Crippen molar-refractivity contribution in [3.63, 3.8) is 0 Å². The Morgan fingerprint density at radius 2 is 2.38 bits per heavy atom. The molecular formula is C12H16N2O2. The van der Waals surface area contributed by atoms with Gasteiger partial charge in [-0.2, -0.15) is 0 Å². The van der Waals surface area contributed by atoms with E-state index in [1.54, 1.807) is 4.90 Å². The summed E-state index contributed by atoms with van der Waals surface area (Å²) >= 11 is 0. The van der Waals surface area contributed by atoms with E-state index in [9.17, 15) is 4.79 Å². The zero-order valence-corrected chi connectivity index (χ0v) is 9.39. The van der Waals surface area contributed by atoms with Crippen LogP contribution in [0.2, 0.25) is 0 Å². The summed E-state index contributed by atoms with van der Waals surface area (Å²) < 4.78 is 0. The molecular weight excluding hydrogens is 204 g/mol. The van der Waals surface area contributed by atoms with E-state index in [1.807, 2.05) is 25.1 Å². The van der Waals surface area contributed by atoms with Crippen LogP contribution >= 0.6 is 0 Å². The minimum absolute atomic E-state index is 0.0552. The van der Waals surface area contributed by atoms with Gasteiger partial charge < -0.3 is 5.11 Å². The highest BCUT2D eigenvalue weighted by Crippen LogP contribution is 2.23. The lowest BCUT2D eigenvalue weighted by Gasteiger charge is -2.15. The number of carbonyl (C=O) groups is 1. The summed E-state index contributed by atoms with van der Waals surface area (Å²) in [6.07, 6.45) is 1.29. The lowest BCUT2D eigenvalue weighted by Crippen LogP contribution is -2.26. The zero-order valence-electron chi connectivity index (χ0n) is 9.39. The van der Waals surface area contributed by atoms with Crippen molar-refractivity contribution in [2.24, 2.45) is 5.92 Å². The third-order valence-corrected chi connectivity index (χ3v) is 2.89. The Bertz CT molecular complexity index is 392. The highest BCUT2D eigenvalue weighted by Gasteiger charge is 2.30. The van der Waals surface area contributed by atoms with Crippen LogP contribution in [0, 0.1) is 5.92 Å². The fraction of sp³-hybridized carbons (Fsp3) is 0.500. The summed E-state index contributed by atoms with van der Waals surface area (Å²) in [5, 5.41) is 9.05. The number of rotatable bonds is 3. The predicted octanol–water partition coefficient (Wildman–Crippen LogP) is 0.989. The molecule has 1 aromatic rings. The summed E-state index contributed by atoms with van der Waals surface area (Å²) in [5.74, 6) is 0.819. The molecule has 1 amide bonds. The number of hydrogen-bond donors (Lipinski definition) is 1. The van der Waals surface area contributed by atoms with Crippen LogP contribution < -0.4 is 4.90 Å². The number of aromatic nitrogens is 1. The van der Waals surface area contributed by atoms with E-state index in [-0.39, 0.29) is 18.4 Å². The molecule has 86 valence electrons. The molecule has 1 aliphatic rings. The van der Waals surface area contributed by atoms with Crippen molar-refractivity contribution in [3.05, 3.63) is 23.9 Å². The smallest absolute Gasteiger partial charge is 0.228 e. The van der Waals surface area contributed by atoms with Gasteiger partial charge in [0.1, 0.15) is 5.82 Å². The van der Waals surface area contributed by atoms with Crippen molar-refractivity contribution in [1.82, 2.24) is 4.98 Å². The van der Waals surface area contributed by atoms with Crippen LogP contribution in [0.5, 0.6) is 0 Å². The molecule has 0 bridgehead atoms. The van der Waals surface area contributed by atoms with Gasteiger partial charge in [0.2, 0.25) is 5.91 Å². The normalized spacial score (nSPS) is 20.5. The van der Waals surface area contributed by atoms with Gasteiger partial charge in [-0.25, -0.2) is 4.98 Å². The number of hydrogen-bond acceptors (Lipinski definition) is 3. The standard InChI is InChI=1S/C12H16N2O2/c1-2-10-4-3-5-11(13-10)14-7-9(8-15)6-12(14)16/h3-5,9,15H,2,6-8H2,1H3. The Kier molecular flexibility index (Phi) is 3.19. The summed E-state index contributed by atoms with van der Waals surface area (Å²) in [6, 6.07) is 5.71. The summed E-state index contributed by atoms with van der Waals surface area (Å²) in [7, 11) is 0. The fourth-order valence-corrected chi connectivity index (χ4v) is 1.94. The Hall–Kier alpha value is -1.42. The topological polar surface area (TPSA) is 53.4 Å². The summed E-state index contributed by atoms with van der Waals surface area (Å²) in [5.41, 5.74) is 0.984. The highest BCUT2D eigenvalue weighted by atomic mass is 16.3. The van der Waals surface area contributed by atoms with Gasteiger partial charge >= 0.3 is 0 Å². The Balaban J connectivity index is 2.20. The zero-order chi connectivity index (χ0) is 11.5. The van der Waals surface area contributed by atoms with E-state index in [2.05, 4.69) is 4.98 Å². The van der Waals surface area contributed by atoms with E-state index in [1.165, 1.54) is 0 Å². The van der Waals surface area contributed by atoms with Crippen molar-refractivity contribution in [1.29, 1.82) is 0 Å². The van der Waals surface area contributed by atoms with Crippen molar-refractivity contribution in [3.8, 4) is 0 Å². The number of aliphatic hydroxyl groups is 1. The molecule has 0 aromatic carbocycles. The summed E-state index contributed by atoms with van der Waals surface area (Å²) in [4.78, 5) is 17.8. The van der Waals surface area contributed by atoms with Gasteiger partial charge in [0, 0.05) is 31.2 Å². The first-order chi connectivity index (χ1) is 7.74. The van der Waals surface area contributed by atoms with E-state index in [0.717, 1.165) is 12.1 Å². The van der Waals surface area contributed by atoms with Crippen molar-refractivity contribution in [2.45, 2.75) is 19.8 Å². The number of pyridine rings is 1. The molecule has 0 radical (unpaired) electrons. The molecule has 0 aliphatic carbocycles. The molecule has 1 aliphatic heterocycles. The first kappa shape index (κ1) is 11.1. The highest BCUT2D eigenvalue weighted by molar-refractivity contribution is 5.94.